The highest BCUT2D eigenvalue weighted by Gasteiger charge is 2.13. The average molecular weight is 345 g/mol. The molecule has 1 aromatic heterocycles. The minimum Gasteiger partial charge on any atom is -0.379 e. The minimum absolute atomic E-state index is 0.191. The molecule has 0 atom stereocenters. The standard InChI is InChI=1S/C17H23N5O3/c1-21(17(24)18-6-7-22-8-10-25-11-9-22)12-15-19-14-5-3-2-4-13(14)16(23)20-15/h2-5H,6-12H2,1H3,(H,18,24)(H,19,20,23). The molecule has 0 aliphatic carbocycles. The van der Waals surface area contributed by atoms with Gasteiger partial charge >= 0.3 is 6.03 Å². The molecule has 1 aromatic carbocycles. The van der Waals surface area contributed by atoms with Crippen LogP contribution in [0.2, 0.25) is 0 Å². The minimum atomic E-state index is -0.193. The summed E-state index contributed by atoms with van der Waals surface area (Å²) in [6.45, 7) is 4.90. The molecule has 0 unspecified atom stereocenters. The number of H-pyrrole nitrogens is 1. The molecule has 1 saturated heterocycles. The number of benzene rings is 1. The molecular weight excluding hydrogens is 322 g/mol. The highest BCUT2D eigenvalue weighted by molar-refractivity contribution is 5.77. The molecule has 2 N–H and O–H groups in total. The summed E-state index contributed by atoms with van der Waals surface area (Å²) >= 11 is 0. The van der Waals surface area contributed by atoms with E-state index < -0.39 is 0 Å². The van der Waals surface area contributed by atoms with Crippen LogP contribution in [0.15, 0.2) is 29.1 Å². The SMILES string of the molecule is CN(Cc1nc2ccccc2c(=O)[nH]1)C(=O)NCCN1CCOCC1. The largest absolute Gasteiger partial charge is 0.379 e. The van der Waals surface area contributed by atoms with E-state index in [1.807, 2.05) is 6.07 Å². The Morgan fingerprint density at radius 1 is 1.36 bits per heavy atom. The maximum atomic E-state index is 12.2. The molecule has 25 heavy (non-hydrogen) atoms. The molecular formula is C17H23N5O3. The molecule has 0 saturated carbocycles. The van der Waals surface area contributed by atoms with Gasteiger partial charge in [-0.3, -0.25) is 9.69 Å². The van der Waals surface area contributed by atoms with Gasteiger partial charge in [0, 0.05) is 33.2 Å². The van der Waals surface area contributed by atoms with E-state index in [9.17, 15) is 9.59 Å². The van der Waals surface area contributed by atoms with E-state index in [1.165, 1.54) is 4.90 Å². The predicted molar refractivity (Wildman–Crippen MR) is 94.5 cm³/mol. The summed E-state index contributed by atoms with van der Waals surface area (Å²) in [4.78, 5) is 35.2. The number of nitrogens with zero attached hydrogens (tertiary/aromatic N) is 3. The normalized spacial score (nSPS) is 15.2. The molecule has 0 bridgehead atoms. The maximum Gasteiger partial charge on any atom is 0.317 e. The van der Waals surface area contributed by atoms with E-state index in [2.05, 4.69) is 20.2 Å². The Bertz CT molecular complexity index is 785. The lowest BCUT2D eigenvalue weighted by Gasteiger charge is -2.27. The van der Waals surface area contributed by atoms with Crippen LogP contribution in [0, 0.1) is 0 Å². The Hall–Kier alpha value is -2.45. The van der Waals surface area contributed by atoms with E-state index in [0.29, 0.717) is 23.3 Å². The van der Waals surface area contributed by atoms with Crippen molar-refractivity contribution in [2.45, 2.75) is 6.54 Å². The Balaban J connectivity index is 1.53. The molecule has 3 rings (SSSR count). The lowest BCUT2D eigenvalue weighted by atomic mass is 10.2. The maximum absolute atomic E-state index is 12.2. The zero-order valence-electron chi connectivity index (χ0n) is 14.3. The molecule has 1 fully saturated rings. The zero-order chi connectivity index (χ0) is 17.6. The Kier molecular flexibility index (Phi) is 5.62. The van der Waals surface area contributed by atoms with Gasteiger partial charge in [0.05, 0.1) is 30.7 Å². The number of amides is 2. The summed E-state index contributed by atoms with van der Waals surface area (Å²) in [5, 5.41) is 3.43. The van der Waals surface area contributed by atoms with Gasteiger partial charge in [0.25, 0.3) is 5.56 Å². The van der Waals surface area contributed by atoms with Gasteiger partial charge < -0.3 is 19.9 Å². The molecule has 0 radical (unpaired) electrons. The number of hydrogen-bond donors (Lipinski definition) is 2. The average Bonchev–Trinajstić information content (AvgIpc) is 2.62. The zero-order valence-corrected chi connectivity index (χ0v) is 14.3. The lowest BCUT2D eigenvalue weighted by molar-refractivity contribution is 0.0386. The number of carbonyl (C=O) groups is 1. The number of urea groups is 1. The third kappa shape index (κ3) is 4.55. The van der Waals surface area contributed by atoms with Crippen LogP contribution in [0.25, 0.3) is 10.9 Å². The van der Waals surface area contributed by atoms with Crippen molar-refractivity contribution in [2.24, 2.45) is 0 Å². The molecule has 0 spiro atoms. The quantitative estimate of drug-likeness (QED) is 0.818. The summed E-state index contributed by atoms with van der Waals surface area (Å²) in [5.74, 6) is 0.467. The number of morpholine rings is 1. The van der Waals surface area contributed by atoms with Gasteiger partial charge in [0.1, 0.15) is 5.82 Å². The number of aromatic nitrogens is 2. The van der Waals surface area contributed by atoms with Crippen molar-refractivity contribution in [1.29, 1.82) is 0 Å². The van der Waals surface area contributed by atoms with Crippen molar-refractivity contribution in [2.75, 3.05) is 46.4 Å². The number of aromatic amines is 1. The molecule has 1 aliphatic heterocycles. The van der Waals surface area contributed by atoms with E-state index in [-0.39, 0.29) is 18.1 Å². The smallest absolute Gasteiger partial charge is 0.317 e. The van der Waals surface area contributed by atoms with E-state index in [4.69, 9.17) is 4.74 Å². The Morgan fingerprint density at radius 3 is 2.92 bits per heavy atom. The number of nitrogens with one attached hydrogen (secondary N) is 2. The van der Waals surface area contributed by atoms with Crippen LogP contribution < -0.4 is 10.9 Å². The van der Waals surface area contributed by atoms with Crippen LogP contribution in [0.4, 0.5) is 4.79 Å². The van der Waals surface area contributed by atoms with Crippen LogP contribution in [-0.4, -0.2) is 72.2 Å². The third-order valence-electron chi connectivity index (χ3n) is 4.20. The molecule has 2 heterocycles. The Morgan fingerprint density at radius 2 is 2.12 bits per heavy atom. The fourth-order valence-electron chi connectivity index (χ4n) is 2.79. The number of carbonyl (C=O) groups excluding carboxylic acids is 1. The van der Waals surface area contributed by atoms with Crippen molar-refractivity contribution in [3.63, 3.8) is 0 Å². The lowest BCUT2D eigenvalue weighted by Crippen LogP contribution is -2.44. The molecule has 1 aliphatic rings. The van der Waals surface area contributed by atoms with E-state index in [0.717, 1.165) is 32.8 Å². The van der Waals surface area contributed by atoms with Gasteiger partial charge in [-0.2, -0.15) is 0 Å². The first kappa shape index (κ1) is 17.4. The van der Waals surface area contributed by atoms with E-state index >= 15 is 0 Å². The Labute approximate surface area is 145 Å². The van der Waals surface area contributed by atoms with Crippen LogP contribution in [0.5, 0.6) is 0 Å². The topological polar surface area (TPSA) is 90.6 Å². The molecule has 2 amide bonds. The van der Waals surface area contributed by atoms with Gasteiger partial charge in [-0.15, -0.1) is 0 Å². The number of hydrogen-bond acceptors (Lipinski definition) is 5. The summed E-state index contributed by atoms with van der Waals surface area (Å²) in [6, 6.07) is 6.96. The summed E-state index contributed by atoms with van der Waals surface area (Å²) in [5.41, 5.74) is 0.434. The summed E-state index contributed by atoms with van der Waals surface area (Å²) in [7, 11) is 1.68. The van der Waals surface area contributed by atoms with Crippen LogP contribution in [0.1, 0.15) is 5.82 Å². The number of rotatable bonds is 5. The third-order valence-corrected chi connectivity index (χ3v) is 4.20. The van der Waals surface area contributed by atoms with Crippen LogP contribution in [0.3, 0.4) is 0 Å². The van der Waals surface area contributed by atoms with Crippen LogP contribution >= 0.6 is 0 Å². The second-order valence-electron chi connectivity index (χ2n) is 6.07. The van der Waals surface area contributed by atoms with Crippen molar-refractivity contribution in [3.8, 4) is 0 Å². The molecule has 8 nitrogen and oxygen atoms in total. The fraction of sp³-hybridized carbons (Fsp3) is 0.471. The summed E-state index contributed by atoms with van der Waals surface area (Å²) in [6.07, 6.45) is 0. The van der Waals surface area contributed by atoms with Crippen molar-refractivity contribution in [3.05, 3.63) is 40.4 Å². The number of ether oxygens (including phenoxy) is 1. The second kappa shape index (κ2) is 8.09. The monoisotopic (exact) mass is 345 g/mol. The molecule has 134 valence electrons. The first-order valence-electron chi connectivity index (χ1n) is 8.40. The summed E-state index contributed by atoms with van der Waals surface area (Å²) < 4.78 is 5.30. The van der Waals surface area contributed by atoms with Gasteiger partial charge in [0.2, 0.25) is 0 Å². The van der Waals surface area contributed by atoms with Gasteiger partial charge in [0.15, 0.2) is 0 Å². The van der Waals surface area contributed by atoms with Crippen molar-refractivity contribution < 1.29 is 9.53 Å². The predicted octanol–water partition coefficient (Wildman–Crippen LogP) is 0.397. The molecule has 8 heteroatoms. The highest BCUT2D eigenvalue weighted by atomic mass is 16.5. The van der Waals surface area contributed by atoms with Gasteiger partial charge in [-0.1, -0.05) is 12.1 Å². The number of para-hydroxylation sites is 1. The molecule has 2 aromatic rings. The highest BCUT2D eigenvalue weighted by Crippen LogP contribution is 2.06. The van der Waals surface area contributed by atoms with Crippen LogP contribution in [-0.2, 0) is 11.3 Å². The van der Waals surface area contributed by atoms with Gasteiger partial charge in [-0.25, -0.2) is 9.78 Å². The fourth-order valence-corrected chi connectivity index (χ4v) is 2.79. The second-order valence-corrected chi connectivity index (χ2v) is 6.07. The van der Waals surface area contributed by atoms with Crippen molar-refractivity contribution in [1.82, 2.24) is 25.1 Å². The first-order chi connectivity index (χ1) is 12.1. The van der Waals surface area contributed by atoms with Gasteiger partial charge in [-0.05, 0) is 12.1 Å². The van der Waals surface area contributed by atoms with E-state index in [1.54, 1.807) is 25.2 Å². The number of fused-ring (bicyclic) bond motifs is 1. The van der Waals surface area contributed by atoms with Crippen molar-refractivity contribution >= 4 is 16.9 Å². The first-order valence-corrected chi connectivity index (χ1v) is 8.40.